The van der Waals surface area contributed by atoms with Gasteiger partial charge in [-0.25, -0.2) is 0 Å². The molecule has 0 N–H and O–H groups in total. The molecule has 0 amide bonds. The molecule has 0 unspecified atom stereocenters. The highest BCUT2D eigenvalue weighted by atomic mass is 19.4. The van der Waals surface area contributed by atoms with Crippen molar-refractivity contribution in [3.63, 3.8) is 0 Å². The van der Waals surface area contributed by atoms with Crippen molar-refractivity contribution in [3.05, 3.63) is 130 Å². The van der Waals surface area contributed by atoms with Gasteiger partial charge in [-0.1, -0.05) is 92.5 Å². The zero-order chi connectivity index (χ0) is 40.0. The van der Waals surface area contributed by atoms with Gasteiger partial charge in [-0.15, -0.1) is 26.3 Å². The van der Waals surface area contributed by atoms with Gasteiger partial charge in [0, 0.05) is 23.0 Å². The topological polar surface area (TPSA) is 18.5 Å². The summed E-state index contributed by atoms with van der Waals surface area (Å²) in [7, 11) is 0. The van der Waals surface area contributed by atoms with Crippen molar-refractivity contribution in [1.82, 2.24) is 0 Å². The fraction of sp³-hybridized carbons (Fsp3) is 0.417. The van der Waals surface area contributed by atoms with E-state index in [2.05, 4.69) is 95.5 Å². The number of benzene rings is 4. The van der Waals surface area contributed by atoms with E-state index in [1.54, 1.807) is 24.3 Å². The Balaban J connectivity index is 0.000000215. The molecule has 0 aromatic heterocycles. The van der Waals surface area contributed by atoms with E-state index in [-0.39, 0.29) is 11.5 Å². The van der Waals surface area contributed by atoms with Crippen LogP contribution in [-0.4, -0.2) is 12.7 Å². The fourth-order valence-electron chi connectivity index (χ4n) is 7.36. The minimum Gasteiger partial charge on any atom is -0.406 e. The maximum absolute atomic E-state index is 12.2. The van der Waals surface area contributed by atoms with Crippen LogP contribution in [0.2, 0.25) is 0 Å². The Kier molecular flexibility index (Phi) is 15.4. The Labute approximate surface area is 328 Å². The first-order valence-electron chi connectivity index (χ1n) is 19.8. The summed E-state index contributed by atoms with van der Waals surface area (Å²) < 4.78 is 80.9. The Bertz CT molecular complexity index is 1890. The molecule has 4 aromatic rings. The van der Waals surface area contributed by atoms with Crippen LogP contribution in [0.25, 0.3) is 0 Å². The van der Waals surface area contributed by atoms with E-state index < -0.39 is 12.7 Å². The van der Waals surface area contributed by atoms with Gasteiger partial charge in [-0.3, -0.25) is 0 Å². The van der Waals surface area contributed by atoms with E-state index in [4.69, 9.17) is 0 Å². The molecular weight excluding hydrogens is 723 g/mol. The third kappa shape index (κ3) is 14.4. The number of ether oxygens (including phenoxy) is 2. The summed E-state index contributed by atoms with van der Waals surface area (Å²) in [6, 6.07) is 29.5. The zero-order valence-electron chi connectivity index (χ0n) is 32.1. The van der Waals surface area contributed by atoms with Gasteiger partial charge < -0.3 is 9.47 Å². The van der Waals surface area contributed by atoms with Crippen LogP contribution in [0.5, 0.6) is 11.5 Å². The number of rotatable bonds is 8. The van der Waals surface area contributed by atoms with Crippen LogP contribution in [0.1, 0.15) is 123 Å². The number of hydrogen-bond acceptors (Lipinski definition) is 2. The summed E-state index contributed by atoms with van der Waals surface area (Å²) in [4.78, 5) is 0. The molecule has 0 aliphatic heterocycles. The normalized spacial score (nSPS) is 19.6. The Morgan fingerprint density at radius 3 is 1.21 bits per heavy atom. The standard InChI is InChI=1S/C25H27F3O.C23H23F3O/c1-2-3-4-19-7-13-22(14-8-19)23-15-9-20(10-16-23)5-6-21-11-17-24(18-12-21)29-25(26,27)28;1-2-17-5-11-20(12-6-17)21-13-7-18(8-14-21)3-4-19-9-15-22(16-10-19)27-23(24,25)26/h7-8,11-14,17-18,20,23H,2-4,9-10,15-16H2,1H3;5-6,9-12,15-16,18,21H,2,7-8,13-14H2,1H3. The van der Waals surface area contributed by atoms with E-state index in [0.29, 0.717) is 34.8 Å². The highest BCUT2D eigenvalue weighted by molar-refractivity contribution is 5.40. The van der Waals surface area contributed by atoms with Crippen molar-refractivity contribution >= 4 is 0 Å². The van der Waals surface area contributed by atoms with Gasteiger partial charge >= 0.3 is 12.7 Å². The third-order valence-corrected chi connectivity index (χ3v) is 10.6. The van der Waals surface area contributed by atoms with Crippen molar-refractivity contribution in [2.24, 2.45) is 11.8 Å². The van der Waals surface area contributed by atoms with Crippen LogP contribution in [0.3, 0.4) is 0 Å². The Morgan fingerprint density at radius 2 is 0.875 bits per heavy atom. The highest BCUT2D eigenvalue weighted by Gasteiger charge is 2.31. The average molecular weight is 773 g/mol. The van der Waals surface area contributed by atoms with E-state index in [9.17, 15) is 26.3 Å². The van der Waals surface area contributed by atoms with Crippen molar-refractivity contribution in [2.75, 3.05) is 0 Å². The molecule has 2 saturated carbocycles. The summed E-state index contributed by atoms with van der Waals surface area (Å²) in [5.74, 6) is 14.2. The molecule has 56 heavy (non-hydrogen) atoms. The van der Waals surface area contributed by atoms with Gasteiger partial charge in [0.15, 0.2) is 0 Å². The third-order valence-electron chi connectivity index (χ3n) is 10.6. The van der Waals surface area contributed by atoms with Crippen molar-refractivity contribution < 1.29 is 35.8 Å². The largest absolute Gasteiger partial charge is 0.573 e. The first-order valence-corrected chi connectivity index (χ1v) is 19.8. The van der Waals surface area contributed by atoms with Crippen LogP contribution < -0.4 is 9.47 Å². The monoisotopic (exact) mass is 772 g/mol. The average Bonchev–Trinajstić information content (AvgIpc) is 3.19. The Hall–Kier alpha value is -4.82. The lowest BCUT2D eigenvalue weighted by atomic mass is 9.78. The van der Waals surface area contributed by atoms with Gasteiger partial charge in [0.1, 0.15) is 11.5 Å². The maximum atomic E-state index is 12.2. The number of hydrogen-bond donors (Lipinski definition) is 0. The van der Waals surface area contributed by atoms with Gasteiger partial charge in [-0.2, -0.15) is 0 Å². The number of alkyl halides is 6. The van der Waals surface area contributed by atoms with Crippen molar-refractivity contribution in [3.8, 4) is 35.2 Å². The minimum atomic E-state index is -4.67. The molecule has 4 aromatic carbocycles. The van der Waals surface area contributed by atoms with Gasteiger partial charge in [0.2, 0.25) is 0 Å². The number of halogens is 6. The first-order chi connectivity index (χ1) is 26.9. The summed E-state index contributed by atoms with van der Waals surface area (Å²) in [5.41, 5.74) is 7.05. The second kappa shape index (κ2) is 20.4. The number of aryl methyl sites for hydroxylation is 2. The van der Waals surface area contributed by atoms with E-state index >= 15 is 0 Å². The predicted molar refractivity (Wildman–Crippen MR) is 210 cm³/mol. The minimum absolute atomic E-state index is 0.218. The van der Waals surface area contributed by atoms with Crippen molar-refractivity contribution in [1.29, 1.82) is 0 Å². The summed E-state index contributed by atoms with van der Waals surface area (Å²) in [5, 5.41) is 0. The molecule has 296 valence electrons. The smallest absolute Gasteiger partial charge is 0.406 e. The molecule has 0 bridgehead atoms. The fourth-order valence-corrected chi connectivity index (χ4v) is 7.36. The number of unbranched alkanes of at least 4 members (excludes halogenated alkanes) is 1. The maximum Gasteiger partial charge on any atom is 0.573 e. The second-order valence-corrected chi connectivity index (χ2v) is 14.7. The molecule has 2 nitrogen and oxygen atoms in total. The molecule has 2 fully saturated rings. The highest BCUT2D eigenvalue weighted by Crippen LogP contribution is 2.37. The predicted octanol–water partition coefficient (Wildman–Crippen LogP) is 13.7. The molecule has 0 atom stereocenters. The summed E-state index contributed by atoms with van der Waals surface area (Å²) >= 11 is 0. The molecule has 2 aliphatic carbocycles. The van der Waals surface area contributed by atoms with Crippen molar-refractivity contribution in [2.45, 2.75) is 115 Å². The molecule has 6 rings (SSSR count). The lowest BCUT2D eigenvalue weighted by molar-refractivity contribution is -0.275. The quantitative estimate of drug-likeness (QED) is 0.131. The zero-order valence-corrected chi connectivity index (χ0v) is 32.1. The van der Waals surface area contributed by atoms with Crippen LogP contribution in [0.15, 0.2) is 97.1 Å². The molecular formula is C48H50F6O2. The molecule has 0 spiro atoms. The molecule has 0 heterocycles. The second-order valence-electron chi connectivity index (χ2n) is 14.7. The van der Waals surface area contributed by atoms with Gasteiger partial charge in [-0.05, 0) is 153 Å². The molecule has 0 saturated heterocycles. The lowest BCUT2D eigenvalue weighted by Gasteiger charge is -2.26. The van der Waals surface area contributed by atoms with E-state index in [1.165, 1.54) is 59.4 Å². The summed E-state index contributed by atoms with van der Waals surface area (Å²) in [6.45, 7) is 4.38. The van der Waals surface area contributed by atoms with Crippen LogP contribution in [-0.2, 0) is 12.8 Å². The van der Waals surface area contributed by atoms with Gasteiger partial charge in [0.05, 0.1) is 0 Å². The molecule has 2 aliphatic rings. The Morgan fingerprint density at radius 1 is 0.500 bits per heavy atom. The van der Waals surface area contributed by atoms with Gasteiger partial charge in [0.25, 0.3) is 0 Å². The van der Waals surface area contributed by atoms with Crippen LogP contribution in [0.4, 0.5) is 26.3 Å². The lowest BCUT2D eigenvalue weighted by Crippen LogP contribution is -2.17. The van der Waals surface area contributed by atoms with Crippen LogP contribution in [0, 0.1) is 35.5 Å². The molecule has 0 radical (unpaired) electrons. The van der Waals surface area contributed by atoms with Crippen LogP contribution >= 0.6 is 0 Å². The van der Waals surface area contributed by atoms with E-state index in [1.807, 2.05) is 0 Å². The SMILES string of the molecule is CCCCc1ccc(C2CCC(C#Cc3ccc(OC(F)(F)F)cc3)CC2)cc1.CCc1ccc(C2CCC(C#Cc3ccc(OC(F)(F)F)cc3)CC2)cc1. The summed E-state index contributed by atoms with van der Waals surface area (Å²) in [6.07, 6.45) is 4.10. The van der Waals surface area contributed by atoms with E-state index in [0.717, 1.165) is 64.2 Å². The molecule has 8 heteroatoms. The first kappa shape index (κ1) is 42.3.